The summed E-state index contributed by atoms with van der Waals surface area (Å²) in [7, 11) is 0. The SMILES string of the molecule is CC[NH+](CC)CCN(C(=O)c1ccc2c(c1)OCCO2)c1nc2c(C)cccc2s1. The zero-order valence-electron chi connectivity index (χ0n) is 17.7. The summed E-state index contributed by atoms with van der Waals surface area (Å²) in [5, 5.41) is 0.741. The molecule has 0 unspecified atom stereocenters. The average molecular weight is 427 g/mol. The number of hydrogen-bond acceptors (Lipinski definition) is 5. The largest absolute Gasteiger partial charge is 0.486 e. The second kappa shape index (κ2) is 9.02. The Morgan fingerprint density at radius 3 is 2.63 bits per heavy atom. The van der Waals surface area contributed by atoms with Crippen LogP contribution in [0.3, 0.4) is 0 Å². The lowest BCUT2D eigenvalue weighted by Crippen LogP contribution is -3.12. The fraction of sp³-hybridized carbons (Fsp3) is 0.391. The molecule has 7 heteroatoms. The smallest absolute Gasteiger partial charge is 0.260 e. The van der Waals surface area contributed by atoms with Crippen molar-refractivity contribution in [1.82, 2.24) is 4.98 Å². The number of nitrogens with zero attached hydrogens (tertiary/aromatic N) is 2. The van der Waals surface area contributed by atoms with Crippen LogP contribution in [0.2, 0.25) is 0 Å². The normalized spacial score (nSPS) is 13.1. The van der Waals surface area contributed by atoms with E-state index in [1.807, 2.05) is 23.1 Å². The van der Waals surface area contributed by atoms with E-state index < -0.39 is 0 Å². The van der Waals surface area contributed by atoms with Crippen LogP contribution in [0.4, 0.5) is 5.13 Å². The second-order valence-corrected chi connectivity index (χ2v) is 8.45. The number of aromatic nitrogens is 1. The zero-order valence-corrected chi connectivity index (χ0v) is 18.6. The predicted octanol–water partition coefficient (Wildman–Crippen LogP) is 2.95. The lowest BCUT2D eigenvalue weighted by atomic mass is 10.1. The van der Waals surface area contributed by atoms with Crippen molar-refractivity contribution in [2.24, 2.45) is 0 Å². The minimum atomic E-state index is -0.0600. The van der Waals surface area contributed by atoms with Crippen molar-refractivity contribution in [3.05, 3.63) is 47.5 Å². The molecule has 2 heterocycles. The maximum atomic E-state index is 13.6. The van der Waals surface area contributed by atoms with Crippen LogP contribution in [0.5, 0.6) is 11.5 Å². The molecule has 0 atom stereocenters. The highest BCUT2D eigenvalue weighted by atomic mass is 32.1. The van der Waals surface area contributed by atoms with E-state index in [2.05, 4.69) is 32.9 Å². The molecule has 3 aromatic rings. The lowest BCUT2D eigenvalue weighted by Gasteiger charge is -2.24. The van der Waals surface area contributed by atoms with Crippen LogP contribution in [-0.2, 0) is 0 Å². The summed E-state index contributed by atoms with van der Waals surface area (Å²) >= 11 is 1.57. The van der Waals surface area contributed by atoms with Crippen molar-refractivity contribution in [2.75, 3.05) is 44.3 Å². The van der Waals surface area contributed by atoms with Crippen LogP contribution in [0.1, 0.15) is 29.8 Å². The number of likely N-dealkylation sites (N-methyl/N-ethyl adjacent to an activating group) is 1. The van der Waals surface area contributed by atoms with Gasteiger partial charge in [-0.1, -0.05) is 23.5 Å². The molecule has 2 aromatic carbocycles. The first-order chi connectivity index (χ1) is 14.6. The predicted molar refractivity (Wildman–Crippen MR) is 120 cm³/mol. The third-order valence-electron chi connectivity index (χ3n) is 5.56. The number of thiazole rings is 1. The number of ether oxygens (including phenoxy) is 2. The summed E-state index contributed by atoms with van der Waals surface area (Å²) in [6, 6.07) is 11.6. The van der Waals surface area contributed by atoms with E-state index in [-0.39, 0.29) is 5.91 Å². The maximum absolute atomic E-state index is 13.6. The van der Waals surface area contributed by atoms with E-state index in [9.17, 15) is 4.79 Å². The molecular formula is C23H28N3O3S+. The Labute approximate surface area is 181 Å². The molecular weight excluding hydrogens is 398 g/mol. The van der Waals surface area contributed by atoms with E-state index in [4.69, 9.17) is 14.5 Å². The van der Waals surface area contributed by atoms with Crippen LogP contribution >= 0.6 is 11.3 Å². The van der Waals surface area contributed by atoms with Gasteiger partial charge < -0.3 is 14.4 Å². The molecule has 1 aliphatic heterocycles. The first kappa shape index (κ1) is 20.6. The molecule has 0 saturated carbocycles. The van der Waals surface area contributed by atoms with Gasteiger partial charge in [0.05, 0.1) is 36.4 Å². The topological polar surface area (TPSA) is 56.1 Å². The highest BCUT2D eigenvalue weighted by molar-refractivity contribution is 7.22. The van der Waals surface area contributed by atoms with Crippen molar-refractivity contribution >= 4 is 32.6 Å². The number of aryl methyl sites for hydroxylation is 1. The molecule has 1 aliphatic rings. The van der Waals surface area contributed by atoms with Crippen LogP contribution in [0.15, 0.2) is 36.4 Å². The monoisotopic (exact) mass is 426 g/mol. The Hall–Kier alpha value is -2.64. The molecule has 1 amide bonds. The number of carbonyl (C=O) groups excluding carboxylic acids is 1. The number of benzene rings is 2. The minimum Gasteiger partial charge on any atom is -0.486 e. The zero-order chi connectivity index (χ0) is 21.1. The van der Waals surface area contributed by atoms with Crippen molar-refractivity contribution in [1.29, 1.82) is 0 Å². The van der Waals surface area contributed by atoms with Gasteiger partial charge in [-0.15, -0.1) is 0 Å². The molecule has 6 nitrogen and oxygen atoms in total. The third kappa shape index (κ3) is 4.13. The van der Waals surface area contributed by atoms with Gasteiger partial charge in [-0.25, -0.2) is 4.98 Å². The van der Waals surface area contributed by atoms with E-state index in [0.29, 0.717) is 36.8 Å². The molecule has 0 spiro atoms. The van der Waals surface area contributed by atoms with Gasteiger partial charge >= 0.3 is 0 Å². The third-order valence-corrected chi connectivity index (χ3v) is 6.61. The van der Waals surface area contributed by atoms with Crippen LogP contribution in [0.25, 0.3) is 10.2 Å². The molecule has 0 saturated heterocycles. The maximum Gasteiger partial charge on any atom is 0.260 e. The molecule has 0 fully saturated rings. The number of rotatable bonds is 7. The number of quaternary nitrogens is 1. The second-order valence-electron chi connectivity index (χ2n) is 7.44. The Kier molecular flexibility index (Phi) is 6.20. The number of anilines is 1. The van der Waals surface area contributed by atoms with Gasteiger partial charge in [0.25, 0.3) is 5.91 Å². The summed E-state index contributed by atoms with van der Waals surface area (Å²) in [6.07, 6.45) is 0. The molecule has 0 aliphatic carbocycles. The fourth-order valence-electron chi connectivity index (χ4n) is 3.68. The molecule has 0 bridgehead atoms. The average Bonchev–Trinajstić information content (AvgIpc) is 3.21. The first-order valence-corrected chi connectivity index (χ1v) is 11.3. The number of para-hydroxylation sites is 1. The number of fused-ring (bicyclic) bond motifs is 2. The highest BCUT2D eigenvalue weighted by Gasteiger charge is 2.25. The van der Waals surface area contributed by atoms with Crippen LogP contribution in [0, 0.1) is 6.92 Å². The quantitative estimate of drug-likeness (QED) is 0.631. The van der Waals surface area contributed by atoms with E-state index in [0.717, 1.165) is 40.5 Å². The Balaban J connectivity index is 1.68. The van der Waals surface area contributed by atoms with Gasteiger partial charge in [-0.2, -0.15) is 0 Å². The van der Waals surface area contributed by atoms with Gasteiger partial charge in [0.1, 0.15) is 13.2 Å². The molecule has 158 valence electrons. The molecule has 0 radical (unpaired) electrons. The summed E-state index contributed by atoms with van der Waals surface area (Å²) in [6.45, 7) is 11.0. The van der Waals surface area contributed by atoms with Gasteiger partial charge in [0.2, 0.25) is 0 Å². The van der Waals surface area contributed by atoms with Crippen LogP contribution < -0.4 is 19.3 Å². The Morgan fingerprint density at radius 1 is 1.13 bits per heavy atom. The van der Waals surface area contributed by atoms with Crippen molar-refractivity contribution in [3.8, 4) is 11.5 Å². The van der Waals surface area contributed by atoms with Crippen molar-refractivity contribution in [2.45, 2.75) is 20.8 Å². The number of hydrogen-bond donors (Lipinski definition) is 1. The standard InChI is InChI=1S/C23H27N3O3S/c1-4-25(5-2)11-12-26(23-24-21-16(3)7-6-8-20(21)30-23)22(27)17-9-10-18-19(15-17)29-14-13-28-18/h6-10,15H,4-5,11-14H2,1-3H3/p+1. The summed E-state index contributed by atoms with van der Waals surface area (Å²) in [5.74, 6) is 1.25. The van der Waals surface area contributed by atoms with Gasteiger partial charge in [-0.05, 0) is 50.6 Å². The molecule has 30 heavy (non-hydrogen) atoms. The number of amides is 1. The van der Waals surface area contributed by atoms with E-state index >= 15 is 0 Å². The molecule has 1 aromatic heterocycles. The highest BCUT2D eigenvalue weighted by Crippen LogP contribution is 2.34. The Bertz CT molecular complexity index is 1050. The van der Waals surface area contributed by atoms with Gasteiger partial charge in [-0.3, -0.25) is 9.69 Å². The number of carbonyl (C=O) groups is 1. The van der Waals surface area contributed by atoms with Crippen LogP contribution in [-0.4, -0.2) is 50.3 Å². The van der Waals surface area contributed by atoms with E-state index in [1.54, 1.807) is 17.4 Å². The minimum absolute atomic E-state index is 0.0600. The summed E-state index contributed by atoms with van der Waals surface area (Å²) in [5.41, 5.74) is 2.67. The molecule has 1 N–H and O–H groups in total. The Morgan fingerprint density at radius 2 is 1.90 bits per heavy atom. The number of nitrogens with one attached hydrogen (secondary N) is 1. The lowest BCUT2D eigenvalue weighted by molar-refractivity contribution is -0.894. The fourth-order valence-corrected chi connectivity index (χ4v) is 4.75. The van der Waals surface area contributed by atoms with Crippen molar-refractivity contribution < 1.29 is 19.2 Å². The molecule has 4 rings (SSSR count). The first-order valence-electron chi connectivity index (χ1n) is 10.5. The van der Waals surface area contributed by atoms with E-state index in [1.165, 1.54) is 4.90 Å². The summed E-state index contributed by atoms with van der Waals surface area (Å²) < 4.78 is 12.4. The van der Waals surface area contributed by atoms with Gasteiger partial charge in [0, 0.05) is 5.56 Å². The van der Waals surface area contributed by atoms with Crippen molar-refractivity contribution in [3.63, 3.8) is 0 Å². The van der Waals surface area contributed by atoms with Gasteiger partial charge in [0.15, 0.2) is 16.6 Å². The summed E-state index contributed by atoms with van der Waals surface area (Å²) in [4.78, 5) is 21.7.